The van der Waals surface area contributed by atoms with Gasteiger partial charge in [-0.1, -0.05) is 37.3 Å². The summed E-state index contributed by atoms with van der Waals surface area (Å²) in [6.07, 6.45) is 1.92. The lowest BCUT2D eigenvalue weighted by Gasteiger charge is -2.15. The highest BCUT2D eigenvalue weighted by atomic mass is 32.1. The van der Waals surface area contributed by atoms with E-state index in [2.05, 4.69) is 4.98 Å². The Kier molecular flexibility index (Phi) is 4.76. The standard InChI is InChI=1S/C18H18N2O3S/c1-3-14(18(22)23-4-2)20-11-19-16-13(17(20)21)10-15(24-16)12-8-6-5-7-9-12/h5-11,14H,3-4H2,1-2H3/t14-/m0/s1. The minimum atomic E-state index is -0.644. The Morgan fingerprint density at radius 1 is 1.29 bits per heavy atom. The van der Waals surface area contributed by atoms with E-state index in [-0.39, 0.29) is 12.2 Å². The molecule has 0 aliphatic carbocycles. The number of benzene rings is 1. The topological polar surface area (TPSA) is 61.2 Å². The van der Waals surface area contributed by atoms with Crippen LogP contribution in [0.1, 0.15) is 26.3 Å². The molecule has 0 unspecified atom stereocenters. The predicted octanol–water partition coefficient (Wildman–Crippen LogP) is 3.64. The van der Waals surface area contributed by atoms with Gasteiger partial charge in [0.2, 0.25) is 0 Å². The van der Waals surface area contributed by atoms with Crippen LogP contribution in [0.5, 0.6) is 0 Å². The van der Waals surface area contributed by atoms with Crippen molar-refractivity contribution in [1.82, 2.24) is 9.55 Å². The van der Waals surface area contributed by atoms with Gasteiger partial charge in [0.15, 0.2) is 0 Å². The molecule has 5 nitrogen and oxygen atoms in total. The predicted molar refractivity (Wildman–Crippen MR) is 95.3 cm³/mol. The molecule has 6 heteroatoms. The molecule has 0 N–H and O–H groups in total. The van der Waals surface area contributed by atoms with Crippen LogP contribution in [0.15, 0.2) is 47.5 Å². The van der Waals surface area contributed by atoms with Crippen LogP contribution < -0.4 is 5.56 Å². The number of rotatable bonds is 5. The van der Waals surface area contributed by atoms with Crippen molar-refractivity contribution in [2.24, 2.45) is 0 Å². The Bertz CT molecular complexity index is 915. The van der Waals surface area contributed by atoms with E-state index in [1.807, 2.05) is 43.3 Å². The van der Waals surface area contributed by atoms with Gasteiger partial charge in [-0.25, -0.2) is 9.78 Å². The fourth-order valence-electron chi connectivity index (χ4n) is 2.62. The number of ether oxygens (including phenoxy) is 1. The summed E-state index contributed by atoms with van der Waals surface area (Å²) in [5.74, 6) is -0.401. The average Bonchev–Trinajstić information content (AvgIpc) is 3.04. The highest BCUT2D eigenvalue weighted by molar-refractivity contribution is 7.21. The number of hydrogen-bond donors (Lipinski definition) is 0. The minimum absolute atomic E-state index is 0.210. The van der Waals surface area contributed by atoms with Crippen LogP contribution in [0.25, 0.3) is 20.7 Å². The zero-order valence-electron chi connectivity index (χ0n) is 13.6. The summed E-state index contributed by atoms with van der Waals surface area (Å²) in [7, 11) is 0. The van der Waals surface area contributed by atoms with Crippen LogP contribution in [-0.2, 0) is 9.53 Å². The van der Waals surface area contributed by atoms with Gasteiger partial charge in [0.25, 0.3) is 5.56 Å². The van der Waals surface area contributed by atoms with Gasteiger partial charge in [-0.05, 0) is 25.0 Å². The Morgan fingerprint density at radius 2 is 2.04 bits per heavy atom. The summed E-state index contributed by atoms with van der Waals surface area (Å²) in [5, 5.41) is 0.532. The van der Waals surface area contributed by atoms with E-state index in [1.165, 1.54) is 22.2 Å². The molecule has 2 heterocycles. The number of thiophene rings is 1. The second-order valence-corrected chi connectivity index (χ2v) is 6.36. The molecule has 0 saturated carbocycles. The van der Waals surface area contributed by atoms with E-state index in [1.54, 1.807) is 6.92 Å². The highest BCUT2D eigenvalue weighted by Gasteiger charge is 2.22. The van der Waals surface area contributed by atoms with E-state index in [4.69, 9.17) is 4.74 Å². The maximum Gasteiger partial charge on any atom is 0.329 e. The van der Waals surface area contributed by atoms with Crippen LogP contribution in [0.2, 0.25) is 0 Å². The van der Waals surface area contributed by atoms with Crippen molar-refractivity contribution >= 4 is 27.5 Å². The first-order chi connectivity index (χ1) is 11.7. The molecule has 0 aliphatic heterocycles. The summed E-state index contributed by atoms with van der Waals surface area (Å²) in [6, 6.07) is 11.1. The number of nitrogens with zero attached hydrogens (tertiary/aromatic N) is 2. The fourth-order valence-corrected chi connectivity index (χ4v) is 3.61. The quantitative estimate of drug-likeness (QED) is 0.664. The Hall–Kier alpha value is -2.47. The molecular formula is C18H18N2O3S. The Labute approximate surface area is 143 Å². The lowest BCUT2D eigenvalue weighted by atomic mass is 10.2. The molecule has 3 rings (SSSR count). The van der Waals surface area contributed by atoms with Crippen molar-refractivity contribution in [1.29, 1.82) is 0 Å². The normalized spacial score (nSPS) is 12.2. The summed E-state index contributed by atoms with van der Waals surface area (Å²) < 4.78 is 6.44. The lowest BCUT2D eigenvalue weighted by molar-refractivity contribution is -0.147. The summed E-state index contributed by atoms with van der Waals surface area (Å²) in [5.41, 5.74) is 0.835. The molecular weight excluding hydrogens is 324 g/mol. The lowest BCUT2D eigenvalue weighted by Crippen LogP contribution is -2.30. The van der Waals surface area contributed by atoms with Crippen LogP contribution in [0.4, 0.5) is 0 Å². The van der Waals surface area contributed by atoms with E-state index in [9.17, 15) is 9.59 Å². The molecule has 2 aromatic heterocycles. The van der Waals surface area contributed by atoms with Gasteiger partial charge in [-0.3, -0.25) is 9.36 Å². The first kappa shape index (κ1) is 16.4. The van der Waals surface area contributed by atoms with E-state index in [0.717, 1.165) is 10.4 Å². The van der Waals surface area contributed by atoms with Crippen molar-refractivity contribution in [2.75, 3.05) is 6.61 Å². The molecule has 1 aromatic carbocycles. The smallest absolute Gasteiger partial charge is 0.329 e. The first-order valence-corrected chi connectivity index (χ1v) is 8.70. The van der Waals surface area contributed by atoms with Crippen LogP contribution in [-0.4, -0.2) is 22.1 Å². The monoisotopic (exact) mass is 342 g/mol. The molecule has 0 spiro atoms. The van der Waals surface area contributed by atoms with Gasteiger partial charge >= 0.3 is 5.97 Å². The van der Waals surface area contributed by atoms with E-state index < -0.39 is 12.0 Å². The van der Waals surface area contributed by atoms with Crippen LogP contribution >= 0.6 is 11.3 Å². The van der Waals surface area contributed by atoms with E-state index in [0.29, 0.717) is 16.6 Å². The Morgan fingerprint density at radius 3 is 2.71 bits per heavy atom. The zero-order chi connectivity index (χ0) is 17.1. The largest absolute Gasteiger partial charge is 0.464 e. The number of esters is 1. The molecule has 0 fully saturated rings. The molecule has 0 aliphatic rings. The van der Waals surface area contributed by atoms with Crippen molar-refractivity contribution in [3.8, 4) is 10.4 Å². The minimum Gasteiger partial charge on any atom is -0.464 e. The second-order valence-electron chi connectivity index (χ2n) is 5.33. The van der Waals surface area contributed by atoms with Crippen molar-refractivity contribution in [3.05, 3.63) is 53.1 Å². The number of carbonyl (C=O) groups excluding carboxylic acids is 1. The number of fused-ring (bicyclic) bond motifs is 1. The van der Waals surface area contributed by atoms with Crippen molar-refractivity contribution in [3.63, 3.8) is 0 Å². The molecule has 1 atom stereocenters. The van der Waals surface area contributed by atoms with Crippen LogP contribution in [0.3, 0.4) is 0 Å². The third-order valence-corrected chi connectivity index (χ3v) is 4.91. The molecule has 124 valence electrons. The molecule has 0 bridgehead atoms. The van der Waals surface area contributed by atoms with Crippen molar-refractivity contribution in [2.45, 2.75) is 26.3 Å². The summed E-state index contributed by atoms with van der Waals surface area (Å²) in [6.45, 7) is 3.89. The first-order valence-electron chi connectivity index (χ1n) is 7.88. The summed E-state index contributed by atoms with van der Waals surface area (Å²) >= 11 is 1.47. The molecule has 24 heavy (non-hydrogen) atoms. The van der Waals surface area contributed by atoms with Crippen LogP contribution in [0, 0.1) is 0 Å². The SMILES string of the molecule is CCOC(=O)[C@H](CC)n1cnc2sc(-c3ccccc3)cc2c1=O. The summed E-state index contributed by atoms with van der Waals surface area (Å²) in [4.78, 5) is 30.9. The maximum atomic E-state index is 12.8. The maximum absolute atomic E-state index is 12.8. The van der Waals surface area contributed by atoms with Gasteiger partial charge in [0.05, 0.1) is 18.3 Å². The molecule has 0 saturated heterocycles. The number of aromatic nitrogens is 2. The van der Waals surface area contributed by atoms with Crippen molar-refractivity contribution < 1.29 is 9.53 Å². The highest BCUT2D eigenvalue weighted by Crippen LogP contribution is 2.30. The fraction of sp³-hybridized carbons (Fsp3) is 0.278. The average molecular weight is 342 g/mol. The van der Waals surface area contributed by atoms with Gasteiger partial charge in [-0.2, -0.15) is 0 Å². The molecule has 3 aromatic rings. The zero-order valence-corrected chi connectivity index (χ0v) is 14.4. The van der Waals surface area contributed by atoms with Gasteiger partial charge in [0.1, 0.15) is 10.9 Å². The van der Waals surface area contributed by atoms with Gasteiger partial charge in [0, 0.05) is 4.88 Å². The third kappa shape index (κ3) is 2.97. The Balaban J connectivity index is 2.08. The second kappa shape index (κ2) is 6.97. The van der Waals surface area contributed by atoms with Gasteiger partial charge in [-0.15, -0.1) is 11.3 Å². The van der Waals surface area contributed by atoms with E-state index >= 15 is 0 Å². The van der Waals surface area contributed by atoms with Gasteiger partial charge < -0.3 is 4.74 Å². The number of carbonyl (C=O) groups is 1. The third-order valence-electron chi connectivity index (χ3n) is 3.82. The molecule has 0 amide bonds. The molecule has 0 radical (unpaired) electrons. The number of hydrogen-bond acceptors (Lipinski definition) is 5.